The van der Waals surface area contributed by atoms with Gasteiger partial charge in [0.25, 0.3) is 5.91 Å². The third kappa shape index (κ3) is 6.14. The second-order valence-electron chi connectivity index (χ2n) is 9.28. The van der Waals surface area contributed by atoms with E-state index in [0.717, 1.165) is 57.0 Å². The van der Waals surface area contributed by atoms with Crippen molar-refractivity contribution >= 4 is 35.2 Å². The van der Waals surface area contributed by atoms with Crippen molar-refractivity contribution in [1.82, 2.24) is 15.1 Å². The van der Waals surface area contributed by atoms with E-state index in [0.29, 0.717) is 16.7 Å². The summed E-state index contributed by atoms with van der Waals surface area (Å²) in [6.07, 6.45) is 0.915. The normalized spacial score (nSPS) is 26.5. The minimum Gasteiger partial charge on any atom is -0.481 e. The average Bonchev–Trinajstić information content (AvgIpc) is 3.46. The Kier molecular flexibility index (Phi) is 9.28. The summed E-state index contributed by atoms with van der Waals surface area (Å²) in [5.74, 6) is -2.44. The Hall–Kier alpha value is -2.74. The fourth-order valence-corrected chi connectivity index (χ4v) is 6.65. The second kappa shape index (κ2) is 12.0. The summed E-state index contributed by atoms with van der Waals surface area (Å²) >= 11 is 1.48. The monoisotopic (exact) mass is 526 g/mol. The number of aliphatic hydroxyl groups is 1. The number of fused-ring (bicyclic) bond motifs is 2. The van der Waals surface area contributed by atoms with Crippen molar-refractivity contribution in [2.45, 2.75) is 37.4 Å². The summed E-state index contributed by atoms with van der Waals surface area (Å²) in [6.45, 7) is 5.14. The van der Waals surface area contributed by atoms with Gasteiger partial charge in [-0.2, -0.15) is 0 Å². The first-order chi connectivity index (χ1) is 17.1. The summed E-state index contributed by atoms with van der Waals surface area (Å²) in [6, 6.07) is 3.91. The minimum atomic E-state index is -1.79. The number of aliphatic hydroxyl groups excluding tert-OH is 1. The van der Waals surface area contributed by atoms with Gasteiger partial charge in [0.05, 0.1) is 11.3 Å². The summed E-state index contributed by atoms with van der Waals surface area (Å²) in [7, 11) is 1.80. The van der Waals surface area contributed by atoms with Crippen LogP contribution in [0.1, 0.15) is 40.2 Å². The van der Waals surface area contributed by atoms with Crippen LogP contribution in [0.5, 0.6) is 0 Å². The number of carbonyl (C=O) groups is 4. The number of nitrogens with two attached hydrogens (primary N) is 1. The Morgan fingerprint density at radius 1 is 1.22 bits per heavy atom. The van der Waals surface area contributed by atoms with Crippen LogP contribution in [0.2, 0.25) is 0 Å². The van der Waals surface area contributed by atoms with Crippen LogP contribution < -0.4 is 11.1 Å². The molecule has 13 heteroatoms. The number of nitrogens with zero attached hydrogens (tertiary/aromatic N) is 2. The van der Waals surface area contributed by atoms with Gasteiger partial charge in [0, 0.05) is 63.1 Å². The number of hydrogen-bond acceptors (Lipinski definition) is 8. The van der Waals surface area contributed by atoms with Crippen LogP contribution in [-0.4, -0.2) is 101 Å². The predicted molar refractivity (Wildman–Crippen MR) is 130 cm³/mol. The highest BCUT2D eigenvalue weighted by Gasteiger charge is 2.54. The highest BCUT2D eigenvalue weighted by Crippen LogP contribution is 2.53. The number of likely N-dealkylation sites (tertiary alicyclic amines) is 1. The van der Waals surface area contributed by atoms with Gasteiger partial charge in [-0.15, -0.1) is 11.3 Å². The molecule has 12 nitrogen and oxygen atoms in total. The highest BCUT2D eigenvalue weighted by molar-refractivity contribution is 7.14. The third-order valence-electron chi connectivity index (χ3n) is 7.13. The van der Waals surface area contributed by atoms with Gasteiger partial charge in [-0.25, -0.2) is 9.59 Å². The number of nitrogens with one attached hydrogen (secondary N) is 1. The van der Waals surface area contributed by atoms with Crippen LogP contribution in [0, 0.1) is 11.8 Å². The Labute approximate surface area is 213 Å². The first-order valence-corrected chi connectivity index (χ1v) is 12.7. The first kappa shape index (κ1) is 27.8. The molecule has 3 fully saturated rings. The maximum absolute atomic E-state index is 11.8. The van der Waals surface area contributed by atoms with Gasteiger partial charge in [0.15, 0.2) is 6.10 Å². The summed E-state index contributed by atoms with van der Waals surface area (Å²) in [4.78, 5) is 48.9. The minimum absolute atomic E-state index is 0.0519. The van der Waals surface area contributed by atoms with Crippen molar-refractivity contribution in [3.8, 4) is 0 Å². The molecule has 1 saturated carbocycles. The molecule has 0 aromatic carbocycles. The Morgan fingerprint density at radius 3 is 2.33 bits per heavy atom. The first-order valence-electron chi connectivity index (χ1n) is 11.9. The molecule has 1 aromatic heterocycles. The quantitative estimate of drug-likeness (QED) is 0.303. The summed E-state index contributed by atoms with van der Waals surface area (Å²) < 4.78 is 6.23. The number of carboxylic acid groups (broad SMARTS) is 2. The summed E-state index contributed by atoms with van der Waals surface area (Å²) in [5, 5.41) is 27.0. The predicted octanol–water partition coefficient (Wildman–Crippen LogP) is 0.352. The number of urea groups is 1. The molecule has 1 aliphatic carbocycles. The maximum atomic E-state index is 11.8. The van der Waals surface area contributed by atoms with Crippen LogP contribution in [0.25, 0.3) is 0 Å². The standard InChI is InChI=1S/C19H28N4O3S.C4H6O5/c1-26-19(16-6-5-15(27-16)17(20)24)13-3-2-4-14(19)12-22(11-13)9-10-23-8-7-21-18(23)25;5-2(4(8)9)1-3(6)7/h5-6,13-14H,2-4,7-12H2,1H3,(H2,20,24)(H,21,25);2,5H,1H2,(H,6,7)(H,8,9)/t;2-/m.0/s1. The molecule has 3 amide bonds. The van der Waals surface area contributed by atoms with Gasteiger partial charge in [-0.1, -0.05) is 6.42 Å². The molecule has 1 aromatic rings. The summed E-state index contributed by atoms with van der Waals surface area (Å²) in [5.41, 5.74) is 5.15. The number of ether oxygens (including phenoxy) is 1. The van der Waals surface area contributed by atoms with E-state index in [4.69, 9.17) is 25.8 Å². The molecule has 3 aliphatic rings. The molecule has 2 saturated heterocycles. The largest absolute Gasteiger partial charge is 0.481 e. The molecule has 36 heavy (non-hydrogen) atoms. The number of hydrogen-bond donors (Lipinski definition) is 5. The zero-order valence-electron chi connectivity index (χ0n) is 20.2. The van der Waals surface area contributed by atoms with Crippen molar-refractivity contribution in [3.63, 3.8) is 0 Å². The van der Waals surface area contributed by atoms with E-state index in [-0.39, 0.29) is 17.5 Å². The highest BCUT2D eigenvalue weighted by atomic mass is 32.1. The molecular weight excluding hydrogens is 492 g/mol. The van der Waals surface area contributed by atoms with E-state index >= 15 is 0 Å². The van der Waals surface area contributed by atoms with Crippen molar-refractivity contribution in [2.24, 2.45) is 17.6 Å². The molecule has 0 radical (unpaired) electrons. The van der Waals surface area contributed by atoms with Crippen LogP contribution >= 0.6 is 11.3 Å². The Bertz CT molecular complexity index is 956. The number of methoxy groups -OCH3 is 1. The van der Waals surface area contributed by atoms with E-state index < -0.39 is 24.5 Å². The molecule has 3 heterocycles. The number of amides is 3. The molecule has 4 rings (SSSR count). The number of rotatable bonds is 9. The number of thiophene rings is 1. The van der Waals surface area contributed by atoms with Crippen molar-refractivity contribution in [3.05, 3.63) is 21.9 Å². The molecule has 2 bridgehead atoms. The van der Waals surface area contributed by atoms with Gasteiger partial charge in [-0.05, 0) is 25.0 Å². The molecular formula is C23H34N4O8S. The van der Waals surface area contributed by atoms with Gasteiger partial charge in [0.2, 0.25) is 0 Å². The van der Waals surface area contributed by atoms with E-state index in [9.17, 15) is 19.2 Å². The average molecular weight is 527 g/mol. The fraction of sp³-hybridized carbons (Fsp3) is 0.652. The smallest absolute Gasteiger partial charge is 0.333 e. The Morgan fingerprint density at radius 2 is 1.89 bits per heavy atom. The topological polar surface area (TPSA) is 183 Å². The zero-order chi connectivity index (χ0) is 26.5. The van der Waals surface area contributed by atoms with E-state index in [1.165, 1.54) is 17.8 Å². The van der Waals surface area contributed by atoms with Crippen molar-refractivity contribution in [2.75, 3.05) is 46.4 Å². The van der Waals surface area contributed by atoms with Crippen molar-refractivity contribution < 1.29 is 39.2 Å². The van der Waals surface area contributed by atoms with Crippen molar-refractivity contribution in [1.29, 1.82) is 0 Å². The zero-order valence-corrected chi connectivity index (χ0v) is 21.0. The van der Waals surface area contributed by atoms with E-state index in [1.807, 2.05) is 17.0 Å². The van der Waals surface area contributed by atoms with Crippen LogP contribution in [0.4, 0.5) is 4.79 Å². The fourth-order valence-electron chi connectivity index (χ4n) is 5.46. The van der Waals surface area contributed by atoms with Crippen LogP contribution in [0.15, 0.2) is 12.1 Å². The SMILES string of the molecule is COC1(c2ccc(C(N)=O)s2)C2CCCC1CN(CCN1CCNC1=O)C2.O=C(O)C[C@H](O)C(=O)O. The van der Waals surface area contributed by atoms with E-state index in [2.05, 4.69) is 10.2 Å². The second-order valence-corrected chi connectivity index (χ2v) is 10.4. The number of primary amides is 1. The third-order valence-corrected chi connectivity index (χ3v) is 8.36. The number of carbonyl (C=O) groups excluding carboxylic acids is 2. The number of carboxylic acids is 2. The molecule has 2 aliphatic heterocycles. The molecule has 3 atom stereocenters. The number of piperidine rings is 1. The maximum Gasteiger partial charge on any atom is 0.333 e. The van der Waals surface area contributed by atoms with Gasteiger partial charge in [-0.3, -0.25) is 9.59 Å². The molecule has 6 N–H and O–H groups in total. The van der Waals surface area contributed by atoms with Gasteiger partial charge in [0.1, 0.15) is 5.60 Å². The van der Waals surface area contributed by atoms with Gasteiger partial charge >= 0.3 is 18.0 Å². The van der Waals surface area contributed by atoms with E-state index in [1.54, 1.807) is 7.11 Å². The Balaban J connectivity index is 0.000000345. The lowest BCUT2D eigenvalue weighted by Gasteiger charge is -2.55. The van der Waals surface area contributed by atoms with Crippen LogP contribution in [-0.2, 0) is 19.9 Å². The van der Waals surface area contributed by atoms with Gasteiger partial charge < -0.3 is 40.9 Å². The lowest BCUT2D eigenvalue weighted by atomic mass is 9.64. The lowest BCUT2D eigenvalue weighted by Crippen LogP contribution is -2.59. The number of aliphatic carboxylic acids is 2. The molecule has 200 valence electrons. The lowest BCUT2D eigenvalue weighted by molar-refractivity contribution is -0.166. The molecule has 2 unspecified atom stereocenters. The molecule has 0 spiro atoms. The van der Waals surface area contributed by atoms with Crippen LogP contribution in [0.3, 0.4) is 0 Å².